The van der Waals surface area contributed by atoms with Crippen molar-refractivity contribution in [3.8, 4) is 0 Å². The van der Waals surface area contributed by atoms with Gasteiger partial charge in [0.2, 0.25) is 0 Å². The molecular weight excluding hydrogens is 246 g/mol. The molecule has 1 amide bonds. The van der Waals surface area contributed by atoms with Gasteiger partial charge in [-0.05, 0) is 33.0 Å². The highest BCUT2D eigenvalue weighted by atomic mass is 16.5. The van der Waals surface area contributed by atoms with Crippen LogP contribution in [0, 0.1) is 0 Å². The molecule has 0 aliphatic carbocycles. The predicted octanol–water partition coefficient (Wildman–Crippen LogP) is -0.551. The summed E-state index contributed by atoms with van der Waals surface area (Å²) >= 11 is 0. The lowest BCUT2D eigenvalue weighted by Crippen LogP contribution is -2.54. The van der Waals surface area contributed by atoms with Crippen molar-refractivity contribution in [3.05, 3.63) is 0 Å². The summed E-state index contributed by atoms with van der Waals surface area (Å²) in [5.41, 5.74) is -0.643. The van der Waals surface area contributed by atoms with Gasteiger partial charge in [0.05, 0.1) is 6.61 Å². The maximum atomic E-state index is 12.2. The molecule has 1 saturated heterocycles. The van der Waals surface area contributed by atoms with Crippen molar-refractivity contribution in [1.82, 2.24) is 15.5 Å². The van der Waals surface area contributed by atoms with Gasteiger partial charge in [-0.25, -0.2) is 0 Å². The number of nitrogens with one attached hydrogen (secondary N) is 2. The largest absolute Gasteiger partial charge is 0.383 e. The first-order chi connectivity index (χ1) is 9.14. The topological polar surface area (TPSA) is 62.8 Å². The van der Waals surface area contributed by atoms with Gasteiger partial charge in [0, 0.05) is 33.9 Å². The first kappa shape index (κ1) is 16.4. The number of hydrogen-bond donors (Lipinski definition) is 2. The number of hydrogen-bond acceptors (Lipinski definition) is 5. The van der Waals surface area contributed by atoms with Crippen molar-refractivity contribution in [3.63, 3.8) is 0 Å². The van der Waals surface area contributed by atoms with E-state index in [0.29, 0.717) is 13.2 Å². The predicted molar refractivity (Wildman–Crippen MR) is 74.2 cm³/mol. The van der Waals surface area contributed by atoms with Crippen LogP contribution >= 0.6 is 0 Å². The zero-order valence-corrected chi connectivity index (χ0v) is 12.3. The number of amides is 1. The van der Waals surface area contributed by atoms with Crippen molar-refractivity contribution in [2.75, 3.05) is 60.6 Å². The second kappa shape index (κ2) is 8.47. The highest BCUT2D eigenvalue weighted by molar-refractivity contribution is 5.85. The van der Waals surface area contributed by atoms with Crippen LogP contribution < -0.4 is 10.6 Å². The van der Waals surface area contributed by atoms with Gasteiger partial charge < -0.3 is 25.0 Å². The van der Waals surface area contributed by atoms with Crippen molar-refractivity contribution in [2.45, 2.75) is 18.4 Å². The molecule has 0 aromatic heterocycles. The minimum Gasteiger partial charge on any atom is -0.383 e. The molecule has 1 heterocycles. The van der Waals surface area contributed by atoms with E-state index in [1.54, 1.807) is 14.2 Å². The smallest absolute Gasteiger partial charge is 0.252 e. The van der Waals surface area contributed by atoms with Crippen LogP contribution in [0.3, 0.4) is 0 Å². The molecule has 6 heteroatoms. The van der Waals surface area contributed by atoms with Gasteiger partial charge in [-0.1, -0.05) is 0 Å². The summed E-state index contributed by atoms with van der Waals surface area (Å²) in [4.78, 5) is 14.4. The molecule has 112 valence electrons. The van der Waals surface area contributed by atoms with Gasteiger partial charge >= 0.3 is 0 Å². The van der Waals surface area contributed by atoms with E-state index in [4.69, 9.17) is 9.47 Å². The first-order valence-corrected chi connectivity index (χ1v) is 6.86. The van der Waals surface area contributed by atoms with Gasteiger partial charge in [0.1, 0.15) is 5.60 Å². The van der Waals surface area contributed by atoms with Crippen LogP contribution in [0.15, 0.2) is 0 Å². The van der Waals surface area contributed by atoms with Gasteiger partial charge in [-0.15, -0.1) is 0 Å². The Morgan fingerprint density at radius 3 is 2.58 bits per heavy atom. The number of methoxy groups -OCH3 is 2. The Morgan fingerprint density at radius 1 is 1.32 bits per heavy atom. The van der Waals surface area contributed by atoms with Gasteiger partial charge in [0.25, 0.3) is 5.91 Å². The number of ether oxygens (including phenoxy) is 2. The first-order valence-electron chi connectivity index (χ1n) is 6.86. The zero-order chi connectivity index (χ0) is 14.1. The number of likely N-dealkylation sites (N-methyl/N-ethyl adjacent to an activating group) is 1. The molecule has 2 N–H and O–H groups in total. The third kappa shape index (κ3) is 5.06. The van der Waals surface area contributed by atoms with Crippen LogP contribution in [0.5, 0.6) is 0 Å². The molecule has 0 spiro atoms. The lowest BCUT2D eigenvalue weighted by atomic mass is 9.91. The zero-order valence-electron chi connectivity index (χ0n) is 12.3. The van der Waals surface area contributed by atoms with Crippen LogP contribution in [0.1, 0.15) is 12.8 Å². The van der Waals surface area contributed by atoms with E-state index < -0.39 is 5.60 Å². The Morgan fingerprint density at radius 2 is 2.00 bits per heavy atom. The number of carbonyl (C=O) groups excluding carboxylic acids is 1. The number of rotatable bonds is 8. The van der Waals surface area contributed by atoms with Crippen LogP contribution in [0.25, 0.3) is 0 Å². The molecule has 19 heavy (non-hydrogen) atoms. The molecular formula is C13H27N3O3. The summed E-state index contributed by atoms with van der Waals surface area (Å²) in [6.45, 7) is 4.68. The summed E-state index contributed by atoms with van der Waals surface area (Å²) in [6, 6.07) is 0. The Labute approximate surface area is 115 Å². The van der Waals surface area contributed by atoms with E-state index in [2.05, 4.69) is 15.5 Å². The molecule has 1 rings (SSSR count). The summed E-state index contributed by atoms with van der Waals surface area (Å²) in [5, 5.41) is 6.22. The molecule has 0 unspecified atom stereocenters. The SMILES string of the molecule is COCCN(C)CCNC(=O)C1(OC)CCNCC1. The second-order valence-electron chi connectivity index (χ2n) is 5.00. The normalized spacial score (nSPS) is 18.5. The minimum atomic E-state index is -0.643. The summed E-state index contributed by atoms with van der Waals surface area (Å²) in [7, 11) is 5.33. The summed E-state index contributed by atoms with van der Waals surface area (Å²) in [6.07, 6.45) is 1.46. The quantitative estimate of drug-likeness (QED) is 0.621. The Hall–Kier alpha value is -0.690. The highest BCUT2D eigenvalue weighted by Gasteiger charge is 2.39. The van der Waals surface area contributed by atoms with E-state index in [9.17, 15) is 4.79 Å². The molecule has 0 aromatic rings. The van der Waals surface area contributed by atoms with Gasteiger partial charge in [0.15, 0.2) is 0 Å². The van der Waals surface area contributed by atoms with Crippen molar-refractivity contribution in [2.24, 2.45) is 0 Å². The van der Waals surface area contributed by atoms with Crippen LogP contribution in [-0.4, -0.2) is 77.0 Å². The van der Waals surface area contributed by atoms with E-state index in [1.807, 2.05) is 7.05 Å². The van der Waals surface area contributed by atoms with Crippen LogP contribution in [0.2, 0.25) is 0 Å². The van der Waals surface area contributed by atoms with Crippen LogP contribution in [0.4, 0.5) is 0 Å². The van der Waals surface area contributed by atoms with E-state index >= 15 is 0 Å². The fourth-order valence-electron chi connectivity index (χ4n) is 2.23. The molecule has 0 aromatic carbocycles. The molecule has 0 saturated carbocycles. The number of carbonyl (C=O) groups is 1. The third-order valence-corrected chi connectivity index (χ3v) is 3.67. The monoisotopic (exact) mass is 273 g/mol. The van der Waals surface area contributed by atoms with E-state index in [1.165, 1.54) is 0 Å². The number of piperidine rings is 1. The fraction of sp³-hybridized carbons (Fsp3) is 0.923. The molecule has 0 atom stereocenters. The average Bonchev–Trinajstić information content (AvgIpc) is 2.45. The Kier molecular flexibility index (Phi) is 7.30. The Balaban J connectivity index is 2.29. The highest BCUT2D eigenvalue weighted by Crippen LogP contribution is 2.22. The lowest BCUT2D eigenvalue weighted by Gasteiger charge is -2.34. The third-order valence-electron chi connectivity index (χ3n) is 3.67. The second-order valence-corrected chi connectivity index (χ2v) is 5.00. The fourth-order valence-corrected chi connectivity index (χ4v) is 2.23. The summed E-state index contributed by atoms with van der Waals surface area (Å²) < 4.78 is 10.5. The standard InChI is InChI=1S/C13H27N3O3/c1-16(10-11-18-2)9-8-15-12(17)13(19-3)4-6-14-7-5-13/h14H,4-11H2,1-3H3,(H,15,17). The van der Waals surface area contributed by atoms with E-state index in [0.717, 1.165) is 39.0 Å². The summed E-state index contributed by atoms with van der Waals surface area (Å²) in [5.74, 6) is 0.0108. The maximum absolute atomic E-state index is 12.2. The minimum absolute atomic E-state index is 0.0108. The van der Waals surface area contributed by atoms with Crippen molar-refractivity contribution >= 4 is 5.91 Å². The maximum Gasteiger partial charge on any atom is 0.252 e. The van der Waals surface area contributed by atoms with Crippen molar-refractivity contribution in [1.29, 1.82) is 0 Å². The molecule has 1 aliphatic rings. The molecule has 6 nitrogen and oxygen atoms in total. The Bertz CT molecular complexity index is 268. The molecule has 0 bridgehead atoms. The molecule has 1 fully saturated rings. The van der Waals surface area contributed by atoms with Crippen molar-refractivity contribution < 1.29 is 14.3 Å². The van der Waals surface area contributed by atoms with Crippen LogP contribution in [-0.2, 0) is 14.3 Å². The molecule has 1 aliphatic heterocycles. The van der Waals surface area contributed by atoms with E-state index in [-0.39, 0.29) is 5.91 Å². The lowest BCUT2D eigenvalue weighted by molar-refractivity contribution is -0.146. The molecule has 0 radical (unpaired) electrons. The van der Waals surface area contributed by atoms with Gasteiger partial charge in [-0.2, -0.15) is 0 Å². The van der Waals surface area contributed by atoms with Gasteiger partial charge in [-0.3, -0.25) is 4.79 Å². The number of nitrogens with zero attached hydrogens (tertiary/aromatic N) is 1. The average molecular weight is 273 g/mol.